The minimum Gasteiger partial charge on any atom is -0.481 e. The third-order valence-corrected chi connectivity index (χ3v) is 3.44. The molecular weight excluding hydrogens is 258 g/mol. The lowest BCUT2D eigenvalue weighted by Crippen LogP contribution is -2.44. The summed E-state index contributed by atoms with van der Waals surface area (Å²) in [6, 6.07) is 3.77. The molecule has 1 aliphatic heterocycles. The van der Waals surface area contributed by atoms with Gasteiger partial charge in [0.1, 0.15) is 0 Å². The molecule has 106 valence electrons. The van der Waals surface area contributed by atoms with Crippen molar-refractivity contribution in [2.24, 2.45) is 0 Å². The van der Waals surface area contributed by atoms with Gasteiger partial charge in [-0.05, 0) is 13.1 Å². The molecule has 0 aromatic carbocycles. The first kappa shape index (κ1) is 13.0. The average Bonchev–Trinajstić information content (AvgIpc) is 2.97. The zero-order valence-electron chi connectivity index (χ0n) is 11.5. The summed E-state index contributed by atoms with van der Waals surface area (Å²) >= 11 is 0. The molecule has 20 heavy (non-hydrogen) atoms. The third kappa shape index (κ3) is 2.50. The molecule has 1 unspecified atom stereocenters. The van der Waals surface area contributed by atoms with Gasteiger partial charge in [-0.15, -0.1) is 0 Å². The number of ether oxygens (including phenoxy) is 1. The molecule has 1 atom stereocenters. The second-order valence-corrected chi connectivity index (χ2v) is 4.75. The van der Waals surface area contributed by atoms with Gasteiger partial charge in [0.25, 0.3) is 5.89 Å². The maximum absolute atomic E-state index is 5.33. The fourth-order valence-corrected chi connectivity index (χ4v) is 2.21. The minimum atomic E-state index is 0.146. The van der Waals surface area contributed by atoms with E-state index in [1.54, 1.807) is 19.4 Å². The van der Waals surface area contributed by atoms with Crippen LogP contribution in [0.4, 0.5) is 0 Å². The molecule has 1 N–H and O–H groups in total. The number of piperazine rings is 1. The molecule has 7 heteroatoms. The maximum Gasteiger partial charge on any atom is 0.259 e. The molecule has 0 radical (unpaired) electrons. The van der Waals surface area contributed by atoms with Crippen LogP contribution in [0.25, 0.3) is 11.5 Å². The predicted octanol–water partition coefficient (Wildman–Crippen LogP) is 0.716. The van der Waals surface area contributed by atoms with Crippen LogP contribution in [-0.2, 0) is 0 Å². The van der Waals surface area contributed by atoms with Crippen LogP contribution in [-0.4, -0.2) is 53.8 Å². The lowest BCUT2D eigenvalue weighted by Gasteiger charge is -2.30. The summed E-state index contributed by atoms with van der Waals surface area (Å²) in [7, 11) is 3.65. The highest BCUT2D eigenvalue weighted by molar-refractivity contribution is 5.51. The summed E-state index contributed by atoms with van der Waals surface area (Å²) in [6.07, 6.45) is 1.67. The normalized spacial score (nSPS) is 20.0. The Kier molecular flexibility index (Phi) is 3.62. The van der Waals surface area contributed by atoms with E-state index in [2.05, 4.69) is 32.4 Å². The van der Waals surface area contributed by atoms with E-state index in [1.165, 1.54) is 0 Å². The molecule has 7 nitrogen and oxygen atoms in total. The highest BCUT2D eigenvalue weighted by atomic mass is 16.5. The Morgan fingerprint density at radius 2 is 2.35 bits per heavy atom. The number of methoxy groups -OCH3 is 1. The predicted molar refractivity (Wildman–Crippen MR) is 72.3 cm³/mol. The van der Waals surface area contributed by atoms with Crippen LogP contribution in [0.1, 0.15) is 11.9 Å². The van der Waals surface area contributed by atoms with E-state index in [0.29, 0.717) is 17.6 Å². The van der Waals surface area contributed by atoms with Gasteiger partial charge < -0.3 is 14.6 Å². The molecule has 1 saturated heterocycles. The van der Waals surface area contributed by atoms with Crippen LogP contribution in [0.15, 0.2) is 22.9 Å². The summed E-state index contributed by atoms with van der Waals surface area (Å²) in [5.74, 6) is 1.74. The monoisotopic (exact) mass is 275 g/mol. The number of rotatable bonds is 3. The molecule has 2 aromatic heterocycles. The molecule has 0 spiro atoms. The zero-order valence-corrected chi connectivity index (χ0v) is 11.5. The van der Waals surface area contributed by atoms with Crippen LogP contribution in [0.5, 0.6) is 5.88 Å². The van der Waals surface area contributed by atoms with Crippen molar-refractivity contribution in [3.63, 3.8) is 0 Å². The van der Waals surface area contributed by atoms with E-state index in [0.717, 1.165) is 25.2 Å². The molecule has 0 saturated carbocycles. The van der Waals surface area contributed by atoms with Gasteiger partial charge in [0, 0.05) is 31.9 Å². The number of nitrogens with zero attached hydrogens (tertiary/aromatic N) is 4. The fraction of sp³-hybridized carbons (Fsp3) is 0.462. The van der Waals surface area contributed by atoms with Crippen LogP contribution in [0.3, 0.4) is 0 Å². The first-order valence-corrected chi connectivity index (χ1v) is 6.53. The Labute approximate surface area is 117 Å². The van der Waals surface area contributed by atoms with Crippen molar-refractivity contribution in [1.29, 1.82) is 0 Å². The van der Waals surface area contributed by atoms with Crippen LogP contribution >= 0.6 is 0 Å². The third-order valence-electron chi connectivity index (χ3n) is 3.44. The molecule has 0 bridgehead atoms. The number of likely N-dealkylation sites (N-methyl/N-ethyl adjacent to an activating group) is 1. The van der Waals surface area contributed by atoms with E-state index in [4.69, 9.17) is 9.26 Å². The van der Waals surface area contributed by atoms with E-state index in [-0.39, 0.29) is 6.04 Å². The van der Waals surface area contributed by atoms with Gasteiger partial charge in [0.05, 0.1) is 18.7 Å². The largest absolute Gasteiger partial charge is 0.481 e. The average molecular weight is 275 g/mol. The second kappa shape index (κ2) is 5.56. The number of hydrogen-bond acceptors (Lipinski definition) is 7. The summed E-state index contributed by atoms with van der Waals surface area (Å²) in [5.41, 5.74) is 0.788. The molecule has 0 amide bonds. The van der Waals surface area contributed by atoms with Crippen LogP contribution in [0, 0.1) is 0 Å². The smallest absolute Gasteiger partial charge is 0.259 e. The van der Waals surface area contributed by atoms with Crippen molar-refractivity contribution < 1.29 is 9.26 Å². The molecule has 1 aliphatic rings. The summed E-state index contributed by atoms with van der Waals surface area (Å²) in [5, 5.41) is 7.42. The number of hydrogen-bond donors (Lipinski definition) is 1. The van der Waals surface area contributed by atoms with Gasteiger partial charge in [-0.2, -0.15) is 4.98 Å². The Morgan fingerprint density at radius 3 is 3.05 bits per heavy atom. The molecule has 0 aliphatic carbocycles. The quantitative estimate of drug-likeness (QED) is 0.884. The van der Waals surface area contributed by atoms with E-state index in [1.807, 2.05) is 6.07 Å². The lowest BCUT2D eigenvalue weighted by molar-refractivity contribution is 0.190. The van der Waals surface area contributed by atoms with Gasteiger partial charge in [0.2, 0.25) is 5.88 Å². The molecule has 1 fully saturated rings. The topological polar surface area (TPSA) is 76.3 Å². The standard InChI is InChI=1S/C13H17N5O2/c1-18-6-5-14-8-10(18)12-16-13(20-17-12)9-3-4-11(19-2)15-7-9/h3-4,7,10,14H,5-6,8H2,1-2H3. The van der Waals surface area contributed by atoms with Crippen molar-refractivity contribution in [2.45, 2.75) is 6.04 Å². The molecule has 2 aromatic rings. The van der Waals surface area contributed by atoms with Gasteiger partial charge in [-0.1, -0.05) is 5.16 Å². The van der Waals surface area contributed by atoms with Crippen LogP contribution in [0.2, 0.25) is 0 Å². The van der Waals surface area contributed by atoms with Crippen molar-refractivity contribution >= 4 is 0 Å². The highest BCUT2D eigenvalue weighted by Gasteiger charge is 2.25. The summed E-state index contributed by atoms with van der Waals surface area (Å²) in [6.45, 7) is 2.79. The van der Waals surface area contributed by atoms with Gasteiger partial charge >= 0.3 is 0 Å². The highest BCUT2D eigenvalue weighted by Crippen LogP contribution is 2.23. The van der Waals surface area contributed by atoms with Gasteiger partial charge in [0.15, 0.2) is 5.82 Å². The maximum atomic E-state index is 5.33. The van der Waals surface area contributed by atoms with Crippen molar-refractivity contribution in [3.05, 3.63) is 24.2 Å². The fourth-order valence-electron chi connectivity index (χ4n) is 2.21. The Bertz CT molecular complexity index is 568. The van der Waals surface area contributed by atoms with Crippen LogP contribution < -0.4 is 10.1 Å². The molecule has 3 rings (SSSR count). The van der Waals surface area contributed by atoms with Gasteiger partial charge in [-0.25, -0.2) is 4.98 Å². The lowest BCUT2D eigenvalue weighted by atomic mass is 10.2. The minimum absolute atomic E-state index is 0.146. The van der Waals surface area contributed by atoms with E-state index in [9.17, 15) is 0 Å². The summed E-state index contributed by atoms with van der Waals surface area (Å²) < 4.78 is 10.4. The van der Waals surface area contributed by atoms with Crippen molar-refractivity contribution in [1.82, 2.24) is 25.3 Å². The SMILES string of the molecule is COc1ccc(-c2nc(C3CNCCN3C)no2)cn1. The number of nitrogens with one attached hydrogen (secondary N) is 1. The Hall–Kier alpha value is -1.99. The Morgan fingerprint density at radius 1 is 1.45 bits per heavy atom. The van der Waals surface area contributed by atoms with E-state index >= 15 is 0 Å². The first-order valence-electron chi connectivity index (χ1n) is 6.53. The van der Waals surface area contributed by atoms with Crippen molar-refractivity contribution in [2.75, 3.05) is 33.8 Å². The Balaban J connectivity index is 1.81. The zero-order chi connectivity index (χ0) is 13.9. The van der Waals surface area contributed by atoms with Gasteiger partial charge in [-0.3, -0.25) is 4.90 Å². The van der Waals surface area contributed by atoms with E-state index < -0.39 is 0 Å². The number of aromatic nitrogens is 3. The summed E-state index contributed by atoms with van der Waals surface area (Å²) in [4.78, 5) is 10.8. The van der Waals surface area contributed by atoms with Crippen molar-refractivity contribution in [3.8, 4) is 17.3 Å². The second-order valence-electron chi connectivity index (χ2n) is 4.75. The first-order chi connectivity index (χ1) is 9.78. The number of pyridine rings is 1. The molecule has 3 heterocycles. The molecular formula is C13H17N5O2.